The minimum Gasteiger partial charge on any atom is -0.385 e. The summed E-state index contributed by atoms with van der Waals surface area (Å²) in [5, 5.41) is 11.4. The summed E-state index contributed by atoms with van der Waals surface area (Å²) in [7, 11) is 0. The van der Waals surface area contributed by atoms with E-state index < -0.39 is 5.60 Å². The van der Waals surface area contributed by atoms with E-state index in [0.29, 0.717) is 5.92 Å². The molecule has 1 N–H and O–H groups in total. The third kappa shape index (κ3) is 1.41. The molecule has 1 aromatic carbocycles. The van der Waals surface area contributed by atoms with Crippen molar-refractivity contribution < 1.29 is 5.11 Å². The fraction of sp³-hybridized carbons (Fsp3) is 0.538. The van der Waals surface area contributed by atoms with Gasteiger partial charge in [-0.1, -0.05) is 23.7 Å². The molecule has 1 nitrogen and oxygen atoms in total. The van der Waals surface area contributed by atoms with Gasteiger partial charge in [-0.15, -0.1) is 0 Å². The Morgan fingerprint density at radius 3 is 2.47 bits per heavy atom. The first-order valence-corrected chi connectivity index (χ1v) is 6.05. The highest BCUT2D eigenvalue weighted by atomic mass is 35.5. The summed E-state index contributed by atoms with van der Waals surface area (Å²) in [6.45, 7) is 0. The average Bonchev–Trinajstić information content (AvgIpc) is 2.78. The molecule has 2 aliphatic rings. The second-order valence-corrected chi connectivity index (χ2v) is 5.45. The van der Waals surface area contributed by atoms with Gasteiger partial charge in [0.15, 0.2) is 0 Å². The van der Waals surface area contributed by atoms with Crippen LogP contribution in [0.25, 0.3) is 0 Å². The molecular weight excluding hydrogens is 208 g/mol. The van der Waals surface area contributed by atoms with E-state index in [9.17, 15) is 5.11 Å². The van der Waals surface area contributed by atoms with Crippen LogP contribution in [0.15, 0.2) is 24.3 Å². The van der Waals surface area contributed by atoms with Crippen LogP contribution in [-0.4, -0.2) is 5.11 Å². The van der Waals surface area contributed by atoms with Crippen LogP contribution in [-0.2, 0) is 5.60 Å². The Morgan fingerprint density at radius 2 is 1.93 bits per heavy atom. The quantitative estimate of drug-likeness (QED) is 0.773. The zero-order valence-electron chi connectivity index (χ0n) is 8.62. The molecule has 0 spiro atoms. The van der Waals surface area contributed by atoms with Gasteiger partial charge in [0.25, 0.3) is 0 Å². The second-order valence-electron chi connectivity index (χ2n) is 5.01. The zero-order chi connectivity index (χ0) is 10.5. The number of fused-ring (bicyclic) bond motifs is 2. The molecule has 0 aliphatic heterocycles. The summed E-state index contributed by atoms with van der Waals surface area (Å²) in [5.41, 5.74) is 0.493. The number of aliphatic hydroxyl groups is 1. The van der Waals surface area contributed by atoms with Gasteiger partial charge in [-0.2, -0.15) is 0 Å². The number of hydrogen-bond acceptors (Lipinski definition) is 1. The van der Waals surface area contributed by atoms with E-state index in [0.717, 1.165) is 22.9 Å². The molecule has 0 amide bonds. The molecule has 3 atom stereocenters. The van der Waals surface area contributed by atoms with Crippen molar-refractivity contribution in [3.8, 4) is 0 Å². The van der Waals surface area contributed by atoms with E-state index in [2.05, 4.69) is 0 Å². The van der Waals surface area contributed by atoms with Crippen molar-refractivity contribution in [1.29, 1.82) is 0 Å². The summed E-state index contributed by atoms with van der Waals surface area (Å²) in [6.07, 6.45) is 4.64. The largest absolute Gasteiger partial charge is 0.385 e. The lowest BCUT2D eigenvalue weighted by molar-refractivity contribution is -0.0182. The molecule has 2 heteroatoms. The van der Waals surface area contributed by atoms with E-state index >= 15 is 0 Å². The lowest BCUT2D eigenvalue weighted by Gasteiger charge is -2.33. The van der Waals surface area contributed by atoms with Crippen molar-refractivity contribution in [3.63, 3.8) is 0 Å². The smallest absolute Gasteiger partial charge is 0.0927 e. The van der Waals surface area contributed by atoms with Crippen molar-refractivity contribution in [2.75, 3.05) is 0 Å². The van der Waals surface area contributed by atoms with Gasteiger partial charge in [0.1, 0.15) is 0 Å². The molecule has 2 saturated carbocycles. The van der Waals surface area contributed by atoms with Gasteiger partial charge in [0.05, 0.1) is 5.60 Å². The average molecular weight is 223 g/mol. The van der Waals surface area contributed by atoms with Crippen molar-refractivity contribution >= 4 is 11.6 Å². The second kappa shape index (κ2) is 3.23. The molecule has 2 bridgehead atoms. The first kappa shape index (κ1) is 9.68. The summed E-state index contributed by atoms with van der Waals surface area (Å²) in [4.78, 5) is 0. The molecule has 0 aromatic heterocycles. The third-order valence-electron chi connectivity index (χ3n) is 4.16. The van der Waals surface area contributed by atoms with E-state index in [1.54, 1.807) is 0 Å². The Kier molecular flexibility index (Phi) is 2.08. The van der Waals surface area contributed by atoms with Gasteiger partial charge in [-0.25, -0.2) is 0 Å². The van der Waals surface area contributed by atoms with E-state index in [-0.39, 0.29) is 0 Å². The van der Waals surface area contributed by atoms with Crippen LogP contribution in [0, 0.1) is 11.8 Å². The van der Waals surface area contributed by atoms with Crippen LogP contribution in [0.5, 0.6) is 0 Å². The van der Waals surface area contributed by atoms with Gasteiger partial charge in [-0.3, -0.25) is 0 Å². The van der Waals surface area contributed by atoms with E-state index in [4.69, 9.17) is 11.6 Å². The zero-order valence-corrected chi connectivity index (χ0v) is 9.37. The van der Waals surface area contributed by atoms with Crippen LogP contribution in [0.1, 0.15) is 31.2 Å². The van der Waals surface area contributed by atoms with Gasteiger partial charge in [0, 0.05) is 5.02 Å². The Balaban J connectivity index is 1.96. The van der Waals surface area contributed by atoms with Crippen molar-refractivity contribution in [2.24, 2.45) is 11.8 Å². The molecule has 80 valence electrons. The number of halogens is 1. The topological polar surface area (TPSA) is 20.2 Å². The molecule has 3 rings (SSSR count). The molecule has 3 unspecified atom stereocenters. The van der Waals surface area contributed by atoms with Crippen LogP contribution in [0.2, 0.25) is 5.02 Å². The predicted molar refractivity (Wildman–Crippen MR) is 60.8 cm³/mol. The van der Waals surface area contributed by atoms with Gasteiger partial charge < -0.3 is 5.11 Å². The lowest BCUT2D eigenvalue weighted by Crippen LogP contribution is -2.31. The molecule has 0 saturated heterocycles. The highest BCUT2D eigenvalue weighted by molar-refractivity contribution is 6.30. The SMILES string of the molecule is OC1(c2ccc(Cl)cc2)CC2CCC1C2. The maximum absolute atomic E-state index is 10.7. The minimum absolute atomic E-state index is 0.476. The molecular formula is C13H15ClO. The highest BCUT2D eigenvalue weighted by Gasteiger charge is 2.50. The van der Waals surface area contributed by atoms with Crippen molar-refractivity contribution in [1.82, 2.24) is 0 Å². The molecule has 0 radical (unpaired) electrons. The number of benzene rings is 1. The first-order valence-electron chi connectivity index (χ1n) is 5.67. The normalized spacial score (nSPS) is 38.5. The molecule has 2 fully saturated rings. The Morgan fingerprint density at radius 1 is 1.20 bits per heavy atom. The van der Waals surface area contributed by atoms with Crippen LogP contribution in [0.4, 0.5) is 0 Å². The summed E-state index contributed by atoms with van der Waals surface area (Å²) in [5.74, 6) is 1.22. The van der Waals surface area contributed by atoms with E-state index in [1.165, 1.54) is 19.3 Å². The molecule has 2 aliphatic carbocycles. The predicted octanol–water partition coefficient (Wildman–Crippen LogP) is 3.35. The molecule has 0 heterocycles. The van der Waals surface area contributed by atoms with Gasteiger partial charge in [0.2, 0.25) is 0 Å². The number of hydrogen-bond donors (Lipinski definition) is 1. The Hall–Kier alpha value is -0.530. The molecule has 1 aromatic rings. The van der Waals surface area contributed by atoms with Gasteiger partial charge in [-0.05, 0) is 55.2 Å². The fourth-order valence-electron chi connectivity index (χ4n) is 3.39. The maximum Gasteiger partial charge on any atom is 0.0927 e. The van der Waals surface area contributed by atoms with Gasteiger partial charge >= 0.3 is 0 Å². The van der Waals surface area contributed by atoms with Crippen molar-refractivity contribution in [3.05, 3.63) is 34.9 Å². The van der Waals surface area contributed by atoms with Crippen molar-refractivity contribution in [2.45, 2.75) is 31.3 Å². The minimum atomic E-state index is -0.562. The maximum atomic E-state index is 10.7. The highest BCUT2D eigenvalue weighted by Crippen LogP contribution is 2.55. The monoisotopic (exact) mass is 222 g/mol. The number of rotatable bonds is 1. The Bertz CT molecular complexity index is 373. The van der Waals surface area contributed by atoms with Crippen LogP contribution >= 0.6 is 11.6 Å². The van der Waals surface area contributed by atoms with Crippen LogP contribution in [0.3, 0.4) is 0 Å². The molecule has 15 heavy (non-hydrogen) atoms. The fourth-order valence-corrected chi connectivity index (χ4v) is 3.52. The third-order valence-corrected chi connectivity index (χ3v) is 4.41. The summed E-state index contributed by atoms with van der Waals surface area (Å²) < 4.78 is 0. The lowest BCUT2D eigenvalue weighted by atomic mass is 9.79. The Labute approximate surface area is 95.1 Å². The van der Waals surface area contributed by atoms with Crippen LogP contribution < -0.4 is 0 Å². The summed E-state index contributed by atoms with van der Waals surface area (Å²) in [6, 6.07) is 7.70. The first-order chi connectivity index (χ1) is 7.18. The standard InChI is InChI=1S/C13H15ClO/c14-12-5-3-10(4-6-12)13(15)8-9-1-2-11(13)7-9/h3-6,9,11,15H,1-2,7-8H2. The summed E-state index contributed by atoms with van der Waals surface area (Å²) >= 11 is 5.86. The van der Waals surface area contributed by atoms with E-state index in [1.807, 2.05) is 24.3 Å².